The Balaban J connectivity index is 1.66. The van der Waals surface area contributed by atoms with Gasteiger partial charge in [-0.15, -0.1) is 0 Å². The highest BCUT2D eigenvalue weighted by Gasteiger charge is 2.16. The Morgan fingerprint density at radius 2 is 1.56 bits per heavy atom. The third-order valence-electron chi connectivity index (χ3n) is 4.77. The summed E-state index contributed by atoms with van der Waals surface area (Å²) in [6, 6.07) is 14.1. The number of hydrogen-bond donors (Lipinski definition) is 0. The Hall–Kier alpha value is -3.48. The Bertz CT molecular complexity index is 1370. The van der Waals surface area contributed by atoms with E-state index in [1.165, 1.54) is 50.8 Å². The highest BCUT2D eigenvalue weighted by molar-refractivity contribution is 6.36. The molecule has 0 aliphatic rings. The molecule has 8 heteroatoms. The molecular formula is C24H16Cl2O6. The Labute approximate surface area is 192 Å². The number of benzene rings is 3. The van der Waals surface area contributed by atoms with Crippen LogP contribution in [0.15, 0.2) is 70.1 Å². The van der Waals surface area contributed by atoms with E-state index in [9.17, 15) is 9.59 Å². The first-order valence-corrected chi connectivity index (χ1v) is 10.1. The largest absolute Gasteiger partial charge is 0.497 e. The summed E-state index contributed by atoms with van der Waals surface area (Å²) in [5.74, 6) is 0.501. The summed E-state index contributed by atoms with van der Waals surface area (Å²) in [5.41, 5.74) is 1.04. The molecule has 0 saturated heterocycles. The molecule has 1 heterocycles. The maximum atomic E-state index is 13.0. The van der Waals surface area contributed by atoms with Gasteiger partial charge in [-0.05, 0) is 36.4 Å². The zero-order valence-electron chi connectivity index (χ0n) is 17.0. The zero-order valence-corrected chi connectivity index (χ0v) is 18.5. The normalized spacial score (nSPS) is 10.8. The predicted molar refractivity (Wildman–Crippen MR) is 122 cm³/mol. The van der Waals surface area contributed by atoms with Gasteiger partial charge < -0.3 is 18.6 Å². The van der Waals surface area contributed by atoms with Crippen molar-refractivity contribution < 1.29 is 23.4 Å². The number of methoxy groups -OCH3 is 2. The summed E-state index contributed by atoms with van der Waals surface area (Å²) in [4.78, 5) is 25.6. The standard InChI is InChI=1S/C24H16Cl2O6/c1-29-16-7-13(8-17(10-16)30-2)24(28)32-15-4-6-19-22(11-15)31-12-20(23(19)27)18-5-3-14(25)9-21(18)26/h3-12H,1-2H3. The van der Waals surface area contributed by atoms with Gasteiger partial charge >= 0.3 is 5.97 Å². The van der Waals surface area contributed by atoms with Crippen LogP contribution >= 0.6 is 23.2 Å². The molecule has 32 heavy (non-hydrogen) atoms. The van der Waals surface area contributed by atoms with Crippen molar-refractivity contribution in [1.29, 1.82) is 0 Å². The molecule has 1 aromatic heterocycles. The molecule has 4 aromatic rings. The molecule has 0 bridgehead atoms. The lowest BCUT2D eigenvalue weighted by Crippen LogP contribution is -2.10. The van der Waals surface area contributed by atoms with Gasteiger partial charge in [0.15, 0.2) is 0 Å². The lowest BCUT2D eigenvalue weighted by molar-refractivity contribution is 0.0734. The highest BCUT2D eigenvalue weighted by atomic mass is 35.5. The van der Waals surface area contributed by atoms with Gasteiger partial charge in [0.1, 0.15) is 29.1 Å². The molecule has 6 nitrogen and oxygen atoms in total. The molecule has 0 aliphatic carbocycles. The van der Waals surface area contributed by atoms with Crippen molar-refractivity contribution in [3.63, 3.8) is 0 Å². The number of ether oxygens (including phenoxy) is 3. The molecule has 0 saturated carbocycles. The first-order chi connectivity index (χ1) is 15.4. The summed E-state index contributed by atoms with van der Waals surface area (Å²) < 4.78 is 21.4. The van der Waals surface area contributed by atoms with E-state index in [2.05, 4.69) is 0 Å². The number of carbonyl (C=O) groups is 1. The minimum absolute atomic E-state index is 0.213. The minimum Gasteiger partial charge on any atom is -0.497 e. The fraction of sp³-hybridized carbons (Fsp3) is 0.0833. The Kier molecular flexibility index (Phi) is 6.08. The first-order valence-electron chi connectivity index (χ1n) is 9.36. The molecule has 162 valence electrons. The van der Waals surface area contributed by atoms with Gasteiger partial charge in [-0.25, -0.2) is 4.79 Å². The van der Waals surface area contributed by atoms with E-state index in [0.717, 1.165) is 0 Å². The van der Waals surface area contributed by atoms with E-state index >= 15 is 0 Å². The van der Waals surface area contributed by atoms with Crippen molar-refractivity contribution >= 4 is 40.1 Å². The smallest absolute Gasteiger partial charge is 0.343 e. The van der Waals surface area contributed by atoms with Gasteiger partial charge in [0.25, 0.3) is 0 Å². The monoisotopic (exact) mass is 470 g/mol. The van der Waals surface area contributed by atoms with Crippen LogP contribution in [0.3, 0.4) is 0 Å². The number of fused-ring (bicyclic) bond motifs is 1. The summed E-state index contributed by atoms with van der Waals surface area (Å²) in [7, 11) is 2.97. The SMILES string of the molecule is COc1cc(OC)cc(C(=O)Oc2ccc3c(=O)c(-c4ccc(Cl)cc4Cl)coc3c2)c1. The molecule has 0 aliphatic heterocycles. The molecule has 0 radical (unpaired) electrons. The van der Waals surface area contributed by atoms with Crippen LogP contribution in [0, 0.1) is 0 Å². The van der Waals surface area contributed by atoms with Gasteiger partial charge in [-0.1, -0.05) is 29.3 Å². The van der Waals surface area contributed by atoms with Gasteiger partial charge in [0.05, 0.1) is 35.8 Å². The van der Waals surface area contributed by atoms with E-state index in [-0.39, 0.29) is 22.3 Å². The molecule has 0 amide bonds. The molecule has 0 spiro atoms. The molecule has 0 N–H and O–H groups in total. The molecule has 0 unspecified atom stereocenters. The van der Waals surface area contributed by atoms with Crippen LogP contribution in [0.4, 0.5) is 0 Å². The lowest BCUT2D eigenvalue weighted by Gasteiger charge is -2.09. The fourth-order valence-corrected chi connectivity index (χ4v) is 3.67. The Morgan fingerprint density at radius 3 is 2.22 bits per heavy atom. The summed E-state index contributed by atoms with van der Waals surface area (Å²) in [5, 5.41) is 1.11. The average molecular weight is 471 g/mol. The van der Waals surface area contributed by atoms with Crippen LogP contribution in [-0.4, -0.2) is 20.2 Å². The van der Waals surface area contributed by atoms with Crippen LogP contribution in [0.25, 0.3) is 22.1 Å². The van der Waals surface area contributed by atoms with Crippen molar-refractivity contribution in [2.45, 2.75) is 0 Å². The van der Waals surface area contributed by atoms with E-state index in [1.54, 1.807) is 24.3 Å². The van der Waals surface area contributed by atoms with Crippen LogP contribution in [0.2, 0.25) is 10.0 Å². The first kappa shape index (κ1) is 21.7. The van der Waals surface area contributed by atoms with Crippen molar-refractivity contribution in [3.05, 3.63) is 86.7 Å². The lowest BCUT2D eigenvalue weighted by atomic mass is 10.1. The number of esters is 1. The van der Waals surface area contributed by atoms with Crippen molar-refractivity contribution in [2.24, 2.45) is 0 Å². The van der Waals surface area contributed by atoms with Gasteiger partial charge in [-0.2, -0.15) is 0 Å². The molecule has 0 fully saturated rings. The van der Waals surface area contributed by atoms with Crippen molar-refractivity contribution in [2.75, 3.05) is 14.2 Å². The van der Waals surface area contributed by atoms with Crippen LogP contribution in [-0.2, 0) is 0 Å². The van der Waals surface area contributed by atoms with Gasteiger partial charge in [-0.3, -0.25) is 4.79 Å². The maximum absolute atomic E-state index is 13.0. The van der Waals surface area contributed by atoms with Crippen LogP contribution < -0.4 is 19.6 Å². The Morgan fingerprint density at radius 1 is 0.844 bits per heavy atom. The third-order valence-corrected chi connectivity index (χ3v) is 5.31. The van der Waals surface area contributed by atoms with Crippen molar-refractivity contribution in [1.82, 2.24) is 0 Å². The van der Waals surface area contributed by atoms with Gasteiger partial charge in [0, 0.05) is 22.7 Å². The summed E-state index contributed by atoms with van der Waals surface area (Å²) in [6.07, 6.45) is 1.32. The highest BCUT2D eigenvalue weighted by Crippen LogP contribution is 2.30. The predicted octanol–water partition coefficient (Wildman–Crippen LogP) is 6.00. The van der Waals surface area contributed by atoms with Crippen molar-refractivity contribution in [3.8, 4) is 28.4 Å². The van der Waals surface area contributed by atoms with E-state index < -0.39 is 5.97 Å². The maximum Gasteiger partial charge on any atom is 0.343 e. The summed E-state index contributed by atoms with van der Waals surface area (Å²) in [6.45, 7) is 0. The number of halogens is 2. The third kappa shape index (κ3) is 4.28. The topological polar surface area (TPSA) is 75.0 Å². The van der Waals surface area contributed by atoms with Gasteiger partial charge in [0.2, 0.25) is 5.43 Å². The summed E-state index contributed by atoms with van der Waals surface area (Å²) >= 11 is 12.2. The van der Waals surface area contributed by atoms with E-state index in [0.29, 0.717) is 38.1 Å². The number of hydrogen-bond acceptors (Lipinski definition) is 6. The van der Waals surface area contributed by atoms with Crippen LogP contribution in [0.1, 0.15) is 10.4 Å². The second kappa shape index (κ2) is 8.94. The second-order valence-corrected chi connectivity index (χ2v) is 7.60. The molecule has 3 aromatic carbocycles. The zero-order chi connectivity index (χ0) is 22.8. The van der Waals surface area contributed by atoms with E-state index in [1.807, 2.05) is 0 Å². The molecule has 0 atom stereocenters. The fourth-order valence-electron chi connectivity index (χ4n) is 3.16. The number of carbonyl (C=O) groups excluding carboxylic acids is 1. The molecular weight excluding hydrogens is 455 g/mol. The quantitative estimate of drug-likeness (QED) is 0.263. The average Bonchev–Trinajstić information content (AvgIpc) is 2.79. The molecule has 4 rings (SSSR count). The number of rotatable bonds is 5. The minimum atomic E-state index is -0.617. The van der Waals surface area contributed by atoms with E-state index in [4.69, 9.17) is 41.8 Å². The van der Waals surface area contributed by atoms with Crippen LogP contribution in [0.5, 0.6) is 17.2 Å². The second-order valence-electron chi connectivity index (χ2n) is 6.75.